The van der Waals surface area contributed by atoms with Crippen LogP contribution in [-0.2, 0) is 24.5 Å². The van der Waals surface area contributed by atoms with Gasteiger partial charge in [-0.3, -0.25) is 19.7 Å². The Hall–Kier alpha value is -3.28. The topological polar surface area (TPSA) is 120 Å². The second kappa shape index (κ2) is 16.5. The molecule has 2 saturated carbocycles. The predicted molar refractivity (Wildman–Crippen MR) is 215 cm³/mol. The number of hydrogen-bond acceptors (Lipinski definition) is 6. The quantitative estimate of drug-likeness (QED) is 0.125. The van der Waals surface area contributed by atoms with Crippen LogP contribution in [0.1, 0.15) is 134 Å². The fraction of sp³-hybridized carbons (Fsp3) is 0.651. The summed E-state index contributed by atoms with van der Waals surface area (Å²) in [7, 11) is 0. The van der Waals surface area contributed by atoms with Crippen molar-refractivity contribution in [3.05, 3.63) is 68.3 Å². The van der Waals surface area contributed by atoms with E-state index in [2.05, 4.69) is 16.0 Å². The second-order valence-electron chi connectivity index (χ2n) is 17.9. The number of carbonyl (C=O) groups excluding carboxylic acids is 3. The fourth-order valence-electron chi connectivity index (χ4n) is 10.7. The van der Waals surface area contributed by atoms with E-state index in [1.165, 1.54) is 10.9 Å². The van der Waals surface area contributed by atoms with Gasteiger partial charge in [-0.2, -0.15) is 0 Å². The van der Waals surface area contributed by atoms with Gasteiger partial charge in [0, 0.05) is 47.5 Å². The van der Waals surface area contributed by atoms with E-state index < -0.39 is 34.3 Å². The molecule has 3 aliphatic heterocycles. The lowest BCUT2D eigenvalue weighted by molar-refractivity contribution is -0.739. The van der Waals surface area contributed by atoms with E-state index in [0.29, 0.717) is 61.6 Å². The van der Waals surface area contributed by atoms with E-state index in [-0.39, 0.29) is 40.5 Å². The van der Waals surface area contributed by atoms with Gasteiger partial charge in [-0.05, 0) is 101 Å². The average molecular weight is 814 g/mol. The highest BCUT2D eigenvalue weighted by Crippen LogP contribution is 2.62. The molecule has 0 radical (unpaired) electrons. The standard InChI is InChI=1S/C43H56Cl2FN5O5/c1-41(2,3)56-35(52)13-6-5-10-27-20-24-50(25-21-27)51(55)30-17-15-29(16-18-30)47-39(53)38-36(31-11-9-12-33(45)37(31)46)43(42(49-38)22-7-4-8-23-42)32-19-14-28(44)26-34(32)48-40(43)54/h9,11-12,14,19,26-27,29-30,36,38,49H,4-8,10,13,15-18,20-25H2,1-3H3,(H-,47,48,53,54)/p+1/t29?,30?,36-,38+,43+/m0/s1. The lowest BCUT2D eigenvalue weighted by atomic mass is 9.55. The van der Waals surface area contributed by atoms with E-state index in [1.807, 2.05) is 31.8 Å². The van der Waals surface area contributed by atoms with Gasteiger partial charge in [0.2, 0.25) is 17.9 Å². The van der Waals surface area contributed by atoms with E-state index in [0.717, 1.165) is 70.0 Å². The number of hydrogen-bond donors (Lipinski definition) is 3. The Morgan fingerprint density at radius 1 is 1.00 bits per heavy atom. The van der Waals surface area contributed by atoms with Gasteiger partial charge in [0.15, 0.2) is 0 Å². The van der Waals surface area contributed by atoms with Crippen molar-refractivity contribution in [2.24, 2.45) is 5.92 Å². The highest BCUT2D eigenvalue weighted by atomic mass is 35.5. The first-order chi connectivity index (χ1) is 26.7. The number of anilines is 1. The van der Waals surface area contributed by atoms with Gasteiger partial charge in [-0.25, -0.2) is 4.39 Å². The minimum absolute atomic E-state index is 0.0591. The molecule has 2 saturated heterocycles. The number of hydrazine groups is 1. The molecule has 2 aliphatic carbocycles. The van der Waals surface area contributed by atoms with Crippen LogP contribution in [0.3, 0.4) is 0 Å². The van der Waals surface area contributed by atoms with Crippen molar-refractivity contribution in [1.82, 2.24) is 15.6 Å². The van der Waals surface area contributed by atoms with E-state index in [9.17, 15) is 19.3 Å². The summed E-state index contributed by atoms with van der Waals surface area (Å²) in [6, 6.07) is 8.93. The average Bonchev–Trinajstić information content (AvgIpc) is 3.61. The Balaban J connectivity index is 1.000. The molecule has 0 unspecified atom stereocenters. The maximum atomic E-state index is 16.2. The number of unbranched alkanes of at least 4 members (excludes halogenated alkanes) is 1. The van der Waals surface area contributed by atoms with Gasteiger partial charge in [-0.1, -0.05) is 73.5 Å². The van der Waals surface area contributed by atoms with Gasteiger partial charge in [0.25, 0.3) is 0 Å². The summed E-state index contributed by atoms with van der Waals surface area (Å²) in [5.74, 6) is -1.65. The molecule has 5 aliphatic rings. The van der Waals surface area contributed by atoms with Crippen LogP contribution in [-0.4, -0.2) is 70.0 Å². The van der Waals surface area contributed by atoms with Crippen molar-refractivity contribution in [3.8, 4) is 0 Å². The number of fused-ring (bicyclic) bond motifs is 3. The molecule has 2 spiro atoms. The molecule has 13 heteroatoms. The molecule has 2 aromatic carbocycles. The smallest absolute Gasteiger partial charge is 0.306 e. The zero-order valence-corrected chi connectivity index (χ0v) is 34.5. The monoisotopic (exact) mass is 812 g/mol. The number of carbonyl (C=O) groups is 3. The molecule has 7 rings (SSSR count). The number of rotatable bonds is 10. The Bertz CT molecular complexity index is 1820. The summed E-state index contributed by atoms with van der Waals surface area (Å²) >= 11 is 12.8. The molecule has 304 valence electrons. The summed E-state index contributed by atoms with van der Waals surface area (Å²) < 4.78 is 21.7. The van der Waals surface area contributed by atoms with Gasteiger partial charge in [-0.15, -0.1) is 5.01 Å². The summed E-state index contributed by atoms with van der Waals surface area (Å²) in [5.41, 5.74) is -0.998. The van der Waals surface area contributed by atoms with Crippen LogP contribution in [0, 0.1) is 16.6 Å². The van der Waals surface area contributed by atoms with Crippen molar-refractivity contribution in [2.45, 2.75) is 158 Å². The predicted octanol–water partition coefficient (Wildman–Crippen LogP) is 8.52. The van der Waals surface area contributed by atoms with Gasteiger partial charge >= 0.3 is 5.97 Å². The summed E-state index contributed by atoms with van der Waals surface area (Å²) in [6.45, 7) is 7.09. The Morgan fingerprint density at radius 2 is 1.71 bits per heavy atom. The molecular formula is C43H57Cl2FN5O5+. The molecular weight excluding hydrogens is 756 g/mol. The molecule has 2 aromatic rings. The van der Waals surface area contributed by atoms with Crippen LogP contribution in [0.2, 0.25) is 10.0 Å². The van der Waals surface area contributed by atoms with Crippen LogP contribution in [0.5, 0.6) is 0 Å². The highest BCUT2D eigenvalue weighted by molar-refractivity contribution is 6.31. The number of halogens is 3. The molecule has 3 N–H and O–H groups in total. The molecule has 3 atom stereocenters. The van der Waals surface area contributed by atoms with E-state index in [4.69, 9.17) is 27.9 Å². The van der Waals surface area contributed by atoms with Crippen molar-refractivity contribution in [2.75, 3.05) is 18.4 Å². The number of esters is 1. The zero-order valence-electron chi connectivity index (χ0n) is 32.9. The first kappa shape index (κ1) is 40.9. The number of piperidine rings is 1. The van der Waals surface area contributed by atoms with E-state index >= 15 is 4.39 Å². The maximum Gasteiger partial charge on any atom is 0.306 e. The number of nitrogens with zero attached hydrogens (tertiary/aromatic N) is 2. The largest absolute Gasteiger partial charge is 0.460 e. The molecule has 10 nitrogen and oxygen atoms in total. The SMILES string of the molecule is CC(C)(C)OC(=O)CCCCC1CCN([N+](=O)C2CCC(NC(=O)[C@@H]3NC4(CCCCC4)[C@@]4(C(=O)Nc5cc(Cl)ccc54)[C@H]3c3cccc(Cl)c3F)CC2)CC1. The number of amides is 2. The fourth-order valence-corrected chi connectivity index (χ4v) is 11.0. The number of benzene rings is 2. The maximum absolute atomic E-state index is 16.2. The summed E-state index contributed by atoms with van der Waals surface area (Å²) in [6.07, 6.45) is 11.8. The van der Waals surface area contributed by atoms with Crippen molar-refractivity contribution in [3.63, 3.8) is 0 Å². The molecule has 2 amide bonds. The molecule has 0 bridgehead atoms. The third kappa shape index (κ3) is 7.93. The Kier molecular flexibility index (Phi) is 12.1. The zero-order chi connectivity index (χ0) is 39.8. The normalized spacial score (nSPS) is 27.6. The lowest BCUT2D eigenvalue weighted by Gasteiger charge is -2.47. The molecule has 0 aromatic heterocycles. The van der Waals surface area contributed by atoms with Crippen LogP contribution >= 0.6 is 23.2 Å². The first-order valence-electron chi connectivity index (χ1n) is 20.8. The lowest BCUT2D eigenvalue weighted by Crippen LogP contribution is -2.60. The van der Waals surface area contributed by atoms with Gasteiger partial charge < -0.3 is 15.4 Å². The third-order valence-electron chi connectivity index (χ3n) is 13.2. The molecule has 4 fully saturated rings. The first-order valence-corrected chi connectivity index (χ1v) is 21.5. The van der Waals surface area contributed by atoms with Gasteiger partial charge in [0.1, 0.15) is 21.7 Å². The summed E-state index contributed by atoms with van der Waals surface area (Å²) in [4.78, 5) is 56.0. The third-order valence-corrected chi connectivity index (χ3v) is 13.7. The summed E-state index contributed by atoms with van der Waals surface area (Å²) in [5, 5.41) is 12.4. The van der Waals surface area contributed by atoms with Crippen LogP contribution in [0.25, 0.3) is 0 Å². The molecule has 56 heavy (non-hydrogen) atoms. The second-order valence-corrected chi connectivity index (χ2v) is 18.7. The van der Waals surface area contributed by atoms with Crippen molar-refractivity contribution < 1.29 is 28.4 Å². The Morgan fingerprint density at radius 3 is 2.41 bits per heavy atom. The molecule has 3 heterocycles. The highest BCUT2D eigenvalue weighted by Gasteiger charge is 2.72. The van der Waals surface area contributed by atoms with E-state index in [1.54, 1.807) is 24.3 Å². The van der Waals surface area contributed by atoms with Gasteiger partial charge in [0.05, 0.1) is 29.1 Å². The number of ether oxygens (including phenoxy) is 1. The number of nitrogens with one attached hydrogen (secondary N) is 3. The minimum Gasteiger partial charge on any atom is -0.460 e. The van der Waals surface area contributed by atoms with Crippen LogP contribution < -0.4 is 16.0 Å². The number of nitroso groups, excluding NO2 is 1. The van der Waals surface area contributed by atoms with Crippen LogP contribution in [0.15, 0.2) is 36.4 Å². The Labute approximate surface area is 339 Å². The van der Waals surface area contributed by atoms with Crippen molar-refractivity contribution >= 4 is 46.7 Å². The minimum atomic E-state index is -1.28. The van der Waals surface area contributed by atoms with Crippen LogP contribution in [0.4, 0.5) is 10.1 Å². The van der Waals surface area contributed by atoms with Crippen molar-refractivity contribution in [1.29, 1.82) is 0 Å².